The van der Waals surface area contributed by atoms with Gasteiger partial charge in [-0.15, -0.1) is 11.8 Å². The number of carbonyl (C=O) groups is 1. The fourth-order valence-electron chi connectivity index (χ4n) is 2.96. The molecule has 31 heavy (non-hydrogen) atoms. The molecule has 0 bridgehead atoms. The predicted octanol–water partition coefficient (Wildman–Crippen LogP) is 3.16. The molecular weight excluding hydrogens is 410 g/mol. The lowest BCUT2D eigenvalue weighted by Gasteiger charge is -2.13. The number of anilines is 2. The molecule has 0 spiro atoms. The average Bonchev–Trinajstić information content (AvgIpc) is 2.81. The number of nitriles is 2. The number of carbonyl (C=O) groups excluding carboxylic acids is 1. The average molecular weight is 430 g/mol. The molecule has 2 aromatic heterocycles. The van der Waals surface area contributed by atoms with E-state index in [1.165, 1.54) is 11.8 Å². The quantitative estimate of drug-likeness (QED) is 0.508. The van der Waals surface area contributed by atoms with Crippen molar-refractivity contribution < 1.29 is 4.79 Å². The van der Waals surface area contributed by atoms with E-state index in [2.05, 4.69) is 32.7 Å². The summed E-state index contributed by atoms with van der Waals surface area (Å²) < 4.78 is 0. The summed E-state index contributed by atoms with van der Waals surface area (Å²) in [6.07, 6.45) is 1.56. The Morgan fingerprint density at radius 2 is 1.84 bits per heavy atom. The molecule has 8 nitrogen and oxygen atoms in total. The zero-order chi connectivity index (χ0) is 22.4. The molecule has 2 heterocycles. The van der Waals surface area contributed by atoms with Crippen molar-refractivity contribution in [2.45, 2.75) is 10.8 Å². The number of nitrogen functional groups attached to an aromatic ring is 1. The minimum Gasteiger partial charge on any atom is -0.388 e. The first-order chi connectivity index (χ1) is 15.0. The number of thioether (sulfide) groups is 1. The van der Waals surface area contributed by atoms with Crippen LogP contribution in [0.5, 0.6) is 0 Å². The van der Waals surface area contributed by atoms with Crippen molar-refractivity contribution in [1.29, 1.82) is 10.5 Å². The van der Waals surface area contributed by atoms with E-state index in [1.54, 1.807) is 25.4 Å². The van der Waals surface area contributed by atoms with Crippen molar-refractivity contribution in [3.8, 4) is 23.3 Å². The van der Waals surface area contributed by atoms with Crippen LogP contribution in [0.1, 0.15) is 27.2 Å². The molecule has 0 saturated heterocycles. The topological polar surface area (TPSA) is 141 Å². The molecule has 0 unspecified atom stereocenters. The first kappa shape index (κ1) is 21.6. The minimum absolute atomic E-state index is 0.0671. The van der Waals surface area contributed by atoms with Crippen molar-refractivity contribution in [1.82, 2.24) is 15.3 Å². The lowest BCUT2D eigenvalue weighted by atomic mass is 9.96. The minimum atomic E-state index is -0.280. The molecule has 1 aromatic carbocycles. The van der Waals surface area contributed by atoms with Crippen LogP contribution in [0.15, 0.2) is 47.6 Å². The fourth-order valence-corrected chi connectivity index (χ4v) is 3.90. The lowest BCUT2D eigenvalue weighted by molar-refractivity contribution is 0.0958. The summed E-state index contributed by atoms with van der Waals surface area (Å²) >= 11 is 1.31. The van der Waals surface area contributed by atoms with E-state index in [4.69, 9.17) is 5.73 Å². The molecule has 154 valence electrons. The maximum atomic E-state index is 11.8. The van der Waals surface area contributed by atoms with E-state index in [1.807, 2.05) is 31.3 Å². The second kappa shape index (κ2) is 9.61. The zero-order valence-electron chi connectivity index (χ0n) is 16.9. The van der Waals surface area contributed by atoms with E-state index < -0.39 is 0 Å². The Hall–Kier alpha value is -4.08. The van der Waals surface area contributed by atoms with Gasteiger partial charge in [0.05, 0.1) is 5.56 Å². The molecule has 9 heteroatoms. The SMILES string of the molecule is CNC(=O)c1cc(CSc2nc(N)c(C#N)c(-c3ccc(NC)cc3)c2C#N)ccn1. The van der Waals surface area contributed by atoms with Crippen molar-refractivity contribution in [2.24, 2.45) is 0 Å². The Bertz CT molecular complexity index is 1210. The van der Waals surface area contributed by atoms with Crippen LogP contribution in [0.4, 0.5) is 11.5 Å². The Balaban J connectivity index is 2.02. The summed E-state index contributed by atoms with van der Waals surface area (Å²) in [5.41, 5.74) is 9.74. The van der Waals surface area contributed by atoms with Gasteiger partial charge in [0.2, 0.25) is 0 Å². The first-order valence-corrected chi connectivity index (χ1v) is 10.2. The number of rotatable bonds is 6. The standard InChI is InChI=1S/C22H19N7OS/c1-26-15-5-3-14(4-6-15)19-16(10-23)20(25)29-22(17(19)11-24)31-12-13-7-8-28-18(9-13)21(30)27-2/h3-9,26H,12H2,1-2H3,(H2,25,29)(H,27,30). The van der Waals surface area contributed by atoms with Crippen LogP contribution in [0.2, 0.25) is 0 Å². The number of hydrogen-bond donors (Lipinski definition) is 3. The van der Waals surface area contributed by atoms with Gasteiger partial charge in [-0.2, -0.15) is 10.5 Å². The van der Waals surface area contributed by atoms with E-state index in [0.717, 1.165) is 11.3 Å². The highest BCUT2D eigenvalue weighted by atomic mass is 32.2. The number of pyridine rings is 2. The summed E-state index contributed by atoms with van der Waals surface area (Å²) in [7, 11) is 3.35. The third-order valence-corrected chi connectivity index (χ3v) is 5.58. The summed E-state index contributed by atoms with van der Waals surface area (Å²) in [5, 5.41) is 25.5. The Labute approximate surface area is 184 Å². The van der Waals surface area contributed by atoms with Gasteiger partial charge < -0.3 is 16.4 Å². The van der Waals surface area contributed by atoms with Crippen LogP contribution in [-0.4, -0.2) is 30.0 Å². The van der Waals surface area contributed by atoms with Gasteiger partial charge in [0.1, 0.15) is 34.2 Å². The predicted molar refractivity (Wildman–Crippen MR) is 120 cm³/mol. The van der Waals surface area contributed by atoms with Crippen LogP contribution in [0.25, 0.3) is 11.1 Å². The third-order valence-electron chi connectivity index (χ3n) is 4.54. The molecule has 0 saturated carbocycles. The maximum Gasteiger partial charge on any atom is 0.269 e. The summed E-state index contributed by atoms with van der Waals surface area (Å²) in [6.45, 7) is 0. The number of aromatic nitrogens is 2. The normalized spacial score (nSPS) is 10.1. The molecule has 0 aliphatic carbocycles. The van der Waals surface area contributed by atoms with Crippen LogP contribution in [-0.2, 0) is 5.75 Å². The molecule has 3 aromatic rings. The Morgan fingerprint density at radius 1 is 1.13 bits per heavy atom. The van der Waals surface area contributed by atoms with E-state index in [-0.39, 0.29) is 22.9 Å². The smallest absolute Gasteiger partial charge is 0.269 e. The van der Waals surface area contributed by atoms with Crippen LogP contribution >= 0.6 is 11.8 Å². The molecular formula is C22H19N7OS. The second-order valence-corrected chi connectivity index (χ2v) is 7.36. The van der Waals surface area contributed by atoms with Crippen LogP contribution in [0, 0.1) is 22.7 Å². The van der Waals surface area contributed by atoms with Gasteiger partial charge in [-0.25, -0.2) is 4.98 Å². The van der Waals surface area contributed by atoms with Crippen molar-refractivity contribution in [3.05, 3.63) is 65.0 Å². The molecule has 3 rings (SSSR count). The summed E-state index contributed by atoms with van der Waals surface area (Å²) in [4.78, 5) is 20.2. The van der Waals surface area contributed by atoms with Gasteiger partial charge >= 0.3 is 0 Å². The number of amides is 1. The van der Waals surface area contributed by atoms with E-state index in [9.17, 15) is 15.3 Å². The highest BCUT2D eigenvalue weighted by Crippen LogP contribution is 2.36. The molecule has 0 aliphatic heterocycles. The number of nitrogens with zero attached hydrogens (tertiary/aromatic N) is 4. The lowest BCUT2D eigenvalue weighted by Crippen LogP contribution is -2.19. The van der Waals surface area contributed by atoms with Gasteiger partial charge in [0.25, 0.3) is 5.91 Å². The monoisotopic (exact) mass is 429 g/mol. The van der Waals surface area contributed by atoms with E-state index >= 15 is 0 Å². The van der Waals surface area contributed by atoms with Gasteiger partial charge in [0.15, 0.2) is 0 Å². The molecule has 4 N–H and O–H groups in total. The highest BCUT2D eigenvalue weighted by molar-refractivity contribution is 7.98. The number of nitrogens with two attached hydrogens (primary N) is 1. The van der Waals surface area contributed by atoms with E-state index in [0.29, 0.717) is 27.6 Å². The first-order valence-electron chi connectivity index (χ1n) is 9.24. The van der Waals surface area contributed by atoms with Crippen LogP contribution < -0.4 is 16.4 Å². The Morgan fingerprint density at radius 3 is 2.45 bits per heavy atom. The number of benzene rings is 1. The zero-order valence-corrected chi connectivity index (χ0v) is 17.7. The van der Waals surface area contributed by atoms with Crippen molar-refractivity contribution in [3.63, 3.8) is 0 Å². The van der Waals surface area contributed by atoms with Gasteiger partial charge in [-0.1, -0.05) is 12.1 Å². The van der Waals surface area contributed by atoms with Crippen molar-refractivity contribution in [2.75, 3.05) is 25.1 Å². The molecule has 1 amide bonds. The largest absolute Gasteiger partial charge is 0.388 e. The second-order valence-electron chi connectivity index (χ2n) is 6.40. The third kappa shape index (κ3) is 4.58. The van der Waals surface area contributed by atoms with Crippen molar-refractivity contribution >= 4 is 29.2 Å². The molecule has 0 fully saturated rings. The fraction of sp³-hybridized carbons (Fsp3) is 0.136. The van der Waals surface area contributed by atoms with Gasteiger partial charge in [-0.3, -0.25) is 9.78 Å². The molecule has 0 atom stereocenters. The number of hydrogen-bond acceptors (Lipinski definition) is 8. The Kier molecular flexibility index (Phi) is 6.71. The van der Waals surface area contributed by atoms with Gasteiger partial charge in [-0.05, 0) is 35.4 Å². The maximum absolute atomic E-state index is 11.8. The molecule has 0 aliphatic rings. The highest BCUT2D eigenvalue weighted by Gasteiger charge is 2.20. The summed E-state index contributed by atoms with van der Waals surface area (Å²) in [5.74, 6) is 0.229. The summed E-state index contributed by atoms with van der Waals surface area (Å²) in [6, 6.07) is 15.1. The molecule has 0 radical (unpaired) electrons. The van der Waals surface area contributed by atoms with Gasteiger partial charge in [0, 0.05) is 37.3 Å². The van der Waals surface area contributed by atoms with Crippen LogP contribution in [0.3, 0.4) is 0 Å². The number of nitrogens with one attached hydrogen (secondary N) is 2.